The summed E-state index contributed by atoms with van der Waals surface area (Å²) in [7, 11) is 0. The third-order valence-corrected chi connectivity index (χ3v) is 4.18. The maximum Gasteiger partial charge on any atom is 0.151 e. The van der Waals surface area contributed by atoms with Crippen molar-refractivity contribution < 1.29 is 0 Å². The van der Waals surface area contributed by atoms with E-state index in [9.17, 15) is 0 Å². The van der Waals surface area contributed by atoms with Crippen molar-refractivity contribution in [1.82, 2.24) is 0 Å². The number of rotatable bonds is 10. The number of hydrogen-bond acceptors (Lipinski definition) is 3. The molecule has 0 radical (unpaired) electrons. The number of nitrogens with one attached hydrogen (secondary N) is 1. The molecule has 0 atom stereocenters. The van der Waals surface area contributed by atoms with Crippen LogP contribution in [0.2, 0.25) is 0 Å². The molecular formula is C11H25ClN2S2. The van der Waals surface area contributed by atoms with E-state index in [1.54, 1.807) is 0 Å². The predicted octanol–water partition coefficient (Wildman–Crippen LogP) is 4.13. The van der Waals surface area contributed by atoms with Crippen molar-refractivity contribution in [2.45, 2.75) is 45.4 Å². The Bertz CT molecular complexity index is 157. The maximum atomic E-state index is 7.04. The molecule has 0 saturated heterocycles. The molecular weight excluding hydrogens is 260 g/mol. The highest BCUT2D eigenvalue weighted by molar-refractivity contribution is 8.14. The maximum absolute atomic E-state index is 7.04. The zero-order valence-corrected chi connectivity index (χ0v) is 12.6. The first-order valence-corrected chi connectivity index (χ1v) is 7.96. The summed E-state index contributed by atoms with van der Waals surface area (Å²) in [6.07, 6.45) is 8.25. The molecule has 0 amide bonds. The van der Waals surface area contributed by atoms with Crippen molar-refractivity contribution in [2.75, 3.05) is 17.3 Å². The van der Waals surface area contributed by atoms with Crippen molar-refractivity contribution in [1.29, 1.82) is 5.41 Å². The monoisotopic (exact) mass is 284 g/mol. The van der Waals surface area contributed by atoms with E-state index in [1.807, 2.05) is 11.8 Å². The molecule has 0 saturated carbocycles. The summed E-state index contributed by atoms with van der Waals surface area (Å²) in [6.45, 7) is 2.25. The summed E-state index contributed by atoms with van der Waals surface area (Å²) in [6, 6.07) is 0. The highest BCUT2D eigenvalue weighted by atomic mass is 35.5. The number of nitrogens with two attached hydrogens (primary N) is 1. The van der Waals surface area contributed by atoms with Crippen LogP contribution in [-0.2, 0) is 0 Å². The molecule has 0 heterocycles. The number of amidine groups is 1. The average molecular weight is 285 g/mol. The van der Waals surface area contributed by atoms with Gasteiger partial charge >= 0.3 is 0 Å². The van der Waals surface area contributed by atoms with Crippen molar-refractivity contribution in [3.8, 4) is 0 Å². The molecule has 0 fully saturated rings. The lowest BCUT2D eigenvalue weighted by Crippen LogP contribution is -2.05. The topological polar surface area (TPSA) is 49.9 Å². The van der Waals surface area contributed by atoms with E-state index in [2.05, 4.69) is 6.92 Å². The molecule has 0 aliphatic rings. The Morgan fingerprint density at radius 3 is 2.25 bits per heavy atom. The Morgan fingerprint density at radius 2 is 1.62 bits per heavy atom. The van der Waals surface area contributed by atoms with Gasteiger partial charge in [0, 0.05) is 11.5 Å². The smallest absolute Gasteiger partial charge is 0.151 e. The van der Waals surface area contributed by atoms with Gasteiger partial charge in [0.25, 0.3) is 0 Å². The third-order valence-electron chi connectivity index (χ3n) is 2.13. The molecule has 0 rings (SSSR count). The van der Waals surface area contributed by atoms with Crippen molar-refractivity contribution >= 4 is 41.1 Å². The van der Waals surface area contributed by atoms with Gasteiger partial charge in [0.05, 0.1) is 0 Å². The second-order valence-electron chi connectivity index (χ2n) is 3.59. The first-order chi connectivity index (χ1) is 7.27. The van der Waals surface area contributed by atoms with Crippen LogP contribution in [0.4, 0.5) is 0 Å². The largest absolute Gasteiger partial charge is 0.379 e. The highest BCUT2D eigenvalue weighted by Gasteiger charge is 1.93. The standard InChI is InChI=1S/C11H24N2S2.ClH/c1-2-3-4-5-6-7-8-14-9-10-15-11(12)13;/h2-10H2,1H3,(H3,12,13);1H. The van der Waals surface area contributed by atoms with Gasteiger partial charge in [-0.3, -0.25) is 5.41 Å². The summed E-state index contributed by atoms with van der Waals surface area (Å²) in [4.78, 5) is 0. The molecule has 5 heteroatoms. The quantitative estimate of drug-likeness (QED) is 0.360. The average Bonchev–Trinajstić information content (AvgIpc) is 2.20. The Hall–Kier alpha value is 0.460. The van der Waals surface area contributed by atoms with Crippen LogP contribution in [-0.4, -0.2) is 22.4 Å². The fourth-order valence-corrected chi connectivity index (χ4v) is 2.93. The van der Waals surface area contributed by atoms with Crippen molar-refractivity contribution in [3.63, 3.8) is 0 Å². The zero-order chi connectivity index (χ0) is 11.4. The predicted molar refractivity (Wildman–Crippen MR) is 82.3 cm³/mol. The van der Waals surface area contributed by atoms with Gasteiger partial charge < -0.3 is 5.73 Å². The van der Waals surface area contributed by atoms with E-state index in [-0.39, 0.29) is 17.6 Å². The van der Waals surface area contributed by atoms with Gasteiger partial charge in [-0.15, -0.1) is 12.4 Å². The lowest BCUT2D eigenvalue weighted by Gasteiger charge is -2.01. The molecule has 0 aliphatic carbocycles. The van der Waals surface area contributed by atoms with Gasteiger partial charge in [0.1, 0.15) is 0 Å². The molecule has 0 aromatic heterocycles. The highest BCUT2D eigenvalue weighted by Crippen LogP contribution is 2.11. The van der Waals surface area contributed by atoms with Crippen LogP contribution in [0.1, 0.15) is 45.4 Å². The van der Waals surface area contributed by atoms with Crippen LogP contribution in [0, 0.1) is 5.41 Å². The van der Waals surface area contributed by atoms with Gasteiger partial charge in [-0.25, -0.2) is 0 Å². The van der Waals surface area contributed by atoms with E-state index in [0.29, 0.717) is 0 Å². The molecule has 0 unspecified atom stereocenters. The molecule has 2 nitrogen and oxygen atoms in total. The van der Waals surface area contributed by atoms with Gasteiger partial charge in [0.15, 0.2) is 5.17 Å². The number of unbranched alkanes of at least 4 members (excludes halogenated alkanes) is 5. The zero-order valence-electron chi connectivity index (χ0n) is 10.2. The van der Waals surface area contributed by atoms with Crippen molar-refractivity contribution in [3.05, 3.63) is 0 Å². The lowest BCUT2D eigenvalue weighted by atomic mass is 10.1. The lowest BCUT2D eigenvalue weighted by molar-refractivity contribution is 0.627. The minimum absolute atomic E-state index is 0. The van der Waals surface area contributed by atoms with E-state index < -0.39 is 0 Å². The number of thioether (sulfide) groups is 2. The molecule has 0 aromatic rings. The van der Waals surface area contributed by atoms with E-state index in [0.717, 1.165) is 11.5 Å². The molecule has 0 spiro atoms. The molecule has 98 valence electrons. The van der Waals surface area contributed by atoms with Gasteiger partial charge in [0.2, 0.25) is 0 Å². The Balaban J connectivity index is 0. The minimum Gasteiger partial charge on any atom is -0.379 e. The molecule has 0 aromatic carbocycles. The Morgan fingerprint density at radius 1 is 1.00 bits per heavy atom. The molecule has 16 heavy (non-hydrogen) atoms. The van der Waals surface area contributed by atoms with Crippen LogP contribution in [0.3, 0.4) is 0 Å². The van der Waals surface area contributed by atoms with Gasteiger partial charge in [-0.2, -0.15) is 11.8 Å². The number of halogens is 1. The molecule has 3 N–H and O–H groups in total. The Labute approximate surface area is 115 Å². The first-order valence-electron chi connectivity index (χ1n) is 5.82. The summed E-state index contributed by atoms with van der Waals surface area (Å²) in [5.41, 5.74) is 5.24. The first kappa shape index (κ1) is 18.8. The SMILES string of the molecule is CCCCCCCCSCCSC(=N)N.Cl. The summed E-state index contributed by atoms with van der Waals surface area (Å²) < 4.78 is 0. The van der Waals surface area contributed by atoms with Crippen LogP contribution >= 0.6 is 35.9 Å². The second-order valence-corrected chi connectivity index (χ2v) is 5.95. The van der Waals surface area contributed by atoms with Crippen LogP contribution in [0.15, 0.2) is 0 Å². The third kappa shape index (κ3) is 16.9. The van der Waals surface area contributed by atoms with Crippen LogP contribution in [0.25, 0.3) is 0 Å². The van der Waals surface area contributed by atoms with Gasteiger partial charge in [-0.05, 0) is 12.2 Å². The van der Waals surface area contributed by atoms with Crippen LogP contribution in [0.5, 0.6) is 0 Å². The van der Waals surface area contributed by atoms with Gasteiger partial charge in [-0.1, -0.05) is 50.8 Å². The van der Waals surface area contributed by atoms with E-state index in [4.69, 9.17) is 11.1 Å². The minimum atomic E-state index is 0. The van der Waals surface area contributed by atoms with E-state index >= 15 is 0 Å². The van der Waals surface area contributed by atoms with Crippen molar-refractivity contribution in [2.24, 2.45) is 5.73 Å². The second kappa shape index (κ2) is 15.5. The Kier molecular flexibility index (Phi) is 18.2. The molecule has 0 bridgehead atoms. The fourth-order valence-electron chi connectivity index (χ4n) is 1.30. The molecule has 0 aliphatic heterocycles. The normalized spacial score (nSPS) is 9.81. The number of hydrogen-bond donors (Lipinski definition) is 2. The van der Waals surface area contributed by atoms with Crippen LogP contribution < -0.4 is 5.73 Å². The summed E-state index contributed by atoms with van der Waals surface area (Å²) in [5, 5.41) is 7.28. The van der Waals surface area contributed by atoms with E-state index in [1.165, 1.54) is 56.0 Å². The fraction of sp³-hybridized carbons (Fsp3) is 0.909. The summed E-state index contributed by atoms with van der Waals surface area (Å²) in [5.74, 6) is 3.37. The summed E-state index contributed by atoms with van der Waals surface area (Å²) >= 11 is 3.43.